The summed E-state index contributed by atoms with van der Waals surface area (Å²) in [6.45, 7) is 1.65. The Hall–Kier alpha value is -3.65. The first-order valence-electron chi connectivity index (χ1n) is 9.87. The van der Waals surface area contributed by atoms with Crippen LogP contribution in [0.1, 0.15) is 34.5 Å². The van der Waals surface area contributed by atoms with Gasteiger partial charge in [0, 0.05) is 17.1 Å². The fourth-order valence-corrected chi connectivity index (χ4v) is 4.31. The third-order valence-electron chi connectivity index (χ3n) is 5.63. The van der Waals surface area contributed by atoms with Crippen LogP contribution in [0.5, 0.6) is 0 Å². The van der Waals surface area contributed by atoms with Crippen LogP contribution < -0.4 is 0 Å². The van der Waals surface area contributed by atoms with Crippen LogP contribution in [0.15, 0.2) is 103 Å². The second kappa shape index (κ2) is 7.06. The molecule has 1 heterocycles. The van der Waals surface area contributed by atoms with Gasteiger partial charge in [-0.25, -0.2) is 0 Å². The number of hydrogen-bond acceptors (Lipinski definition) is 1. The Morgan fingerprint density at radius 1 is 0.690 bits per heavy atom. The molecule has 1 aromatic heterocycles. The minimum Gasteiger partial charge on any atom is -0.336 e. The molecule has 0 saturated heterocycles. The van der Waals surface area contributed by atoms with Gasteiger partial charge in [0.1, 0.15) is 0 Å². The van der Waals surface area contributed by atoms with Crippen LogP contribution in [0.2, 0.25) is 0 Å². The number of aromatic nitrogens is 1. The Bertz CT molecular complexity index is 1280. The molecule has 0 fully saturated rings. The van der Waals surface area contributed by atoms with Crippen LogP contribution in [-0.2, 0) is 0 Å². The van der Waals surface area contributed by atoms with Crippen LogP contribution in [-0.4, -0.2) is 10.4 Å². The number of Topliss-reactive ketones (excluding diaryl/α,β-unsaturated/α-hetero) is 1. The topological polar surface area (TPSA) is 22.0 Å². The molecule has 0 atom stereocenters. The standard InChI is InChI=1S/C27H21NO/c1-19(29)25-18-26-24(22-14-8-9-15-23(22)25)16-17-28(26)27(20-10-4-2-5-11-20)21-12-6-3-7-13-21/h2-18,27H,1H3. The van der Waals surface area contributed by atoms with E-state index < -0.39 is 0 Å². The molecule has 0 saturated carbocycles. The molecule has 0 unspecified atom stereocenters. The van der Waals surface area contributed by atoms with Crippen LogP contribution in [0.25, 0.3) is 21.7 Å². The Kier molecular flexibility index (Phi) is 4.25. The maximum Gasteiger partial charge on any atom is 0.160 e. The van der Waals surface area contributed by atoms with E-state index in [2.05, 4.69) is 77.5 Å². The summed E-state index contributed by atoms with van der Waals surface area (Å²) in [5, 5.41) is 3.30. The number of carbonyl (C=O) groups is 1. The van der Waals surface area contributed by atoms with E-state index in [-0.39, 0.29) is 11.8 Å². The highest BCUT2D eigenvalue weighted by molar-refractivity contribution is 6.16. The molecule has 2 nitrogen and oxygen atoms in total. The maximum atomic E-state index is 12.4. The summed E-state index contributed by atoms with van der Waals surface area (Å²) in [6, 6.07) is 33.5. The lowest BCUT2D eigenvalue weighted by molar-refractivity contribution is 0.101. The first kappa shape index (κ1) is 17.4. The summed E-state index contributed by atoms with van der Waals surface area (Å²) in [6.07, 6.45) is 2.14. The number of fused-ring (bicyclic) bond motifs is 3. The zero-order chi connectivity index (χ0) is 19.8. The first-order chi connectivity index (χ1) is 14.2. The number of ketones is 1. The molecule has 0 aliphatic rings. The van der Waals surface area contributed by atoms with Gasteiger partial charge >= 0.3 is 0 Å². The van der Waals surface area contributed by atoms with Crippen molar-refractivity contribution in [2.45, 2.75) is 13.0 Å². The summed E-state index contributed by atoms with van der Waals surface area (Å²) in [5.74, 6) is 0.0897. The molecular formula is C27H21NO. The summed E-state index contributed by atoms with van der Waals surface area (Å²) in [7, 11) is 0. The molecule has 0 aliphatic heterocycles. The number of hydrogen-bond donors (Lipinski definition) is 0. The van der Waals surface area contributed by atoms with Crippen molar-refractivity contribution >= 4 is 27.5 Å². The zero-order valence-corrected chi connectivity index (χ0v) is 16.2. The average Bonchev–Trinajstić information content (AvgIpc) is 3.19. The summed E-state index contributed by atoms with van der Waals surface area (Å²) in [4.78, 5) is 12.4. The van der Waals surface area contributed by atoms with Crippen molar-refractivity contribution in [2.24, 2.45) is 0 Å². The highest BCUT2D eigenvalue weighted by atomic mass is 16.1. The van der Waals surface area contributed by atoms with Crippen LogP contribution >= 0.6 is 0 Å². The van der Waals surface area contributed by atoms with Crippen LogP contribution in [0.4, 0.5) is 0 Å². The minimum atomic E-state index is 0.0378. The van der Waals surface area contributed by atoms with E-state index in [4.69, 9.17) is 0 Å². The average molecular weight is 375 g/mol. The van der Waals surface area contributed by atoms with Gasteiger partial charge in [-0.2, -0.15) is 0 Å². The molecule has 29 heavy (non-hydrogen) atoms. The largest absolute Gasteiger partial charge is 0.336 e. The third-order valence-corrected chi connectivity index (χ3v) is 5.63. The SMILES string of the molecule is CC(=O)c1cc2c(ccn2C(c2ccccc2)c2ccccc2)c2ccccc12. The van der Waals surface area contributed by atoms with Crippen molar-refractivity contribution in [3.8, 4) is 0 Å². The molecule has 5 aromatic rings. The first-order valence-corrected chi connectivity index (χ1v) is 9.87. The van der Waals surface area contributed by atoms with E-state index in [1.165, 1.54) is 16.5 Å². The van der Waals surface area contributed by atoms with Gasteiger partial charge in [0.15, 0.2) is 5.78 Å². The molecule has 0 N–H and O–H groups in total. The van der Waals surface area contributed by atoms with Gasteiger partial charge in [-0.1, -0.05) is 84.9 Å². The fraction of sp³-hybridized carbons (Fsp3) is 0.0741. The molecule has 5 rings (SSSR count). The monoisotopic (exact) mass is 375 g/mol. The van der Waals surface area contributed by atoms with Gasteiger partial charge in [0.2, 0.25) is 0 Å². The molecule has 0 amide bonds. The van der Waals surface area contributed by atoms with Gasteiger partial charge in [0.25, 0.3) is 0 Å². The highest BCUT2D eigenvalue weighted by Gasteiger charge is 2.20. The lowest BCUT2D eigenvalue weighted by atomic mass is 9.96. The highest BCUT2D eigenvalue weighted by Crippen LogP contribution is 2.35. The molecule has 0 radical (unpaired) electrons. The molecule has 4 aromatic carbocycles. The Morgan fingerprint density at radius 2 is 1.24 bits per heavy atom. The lowest BCUT2D eigenvalue weighted by Gasteiger charge is -2.22. The third kappa shape index (κ3) is 2.94. The van der Waals surface area contributed by atoms with Crippen molar-refractivity contribution in [2.75, 3.05) is 0 Å². The van der Waals surface area contributed by atoms with E-state index in [1.54, 1.807) is 6.92 Å². The summed E-state index contributed by atoms with van der Waals surface area (Å²) < 4.78 is 2.29. The molecule has 0 aliphatic carbocycles. The van der Waals surface area contributed by atoms with E-state index >= 15 is 0 Å². The number of rotatable bonds is 4. The zero-order valence-electron chi connectivity index (χ0n) is 16.2. The normalized spacial score (nSPS) is 11.4. The number of carbonyl (C=O) groups excluding carboxylic acids is 1. The molecule has 140 valence electrons. The second-order valence-corrected chi connectivity index (χ2v) is 7.41. The lowest BCUT2D eigenvalue weighted by Crippen LogP contribution is -2.11. The molecular weight excluding hydrogens is 354 g/mol. The van der Waals surface area contributed by atoms with Crippen molar-refractivity contribution in [1.82, 2.24) is 4.57 Å². The Labute approximate surface area is 170 Å². The van der Waals surface area contributed by atoms with Crippen LogP contribution in [0.3, 0.4) is 0 Å². The fourth-order valence-electron chi connectivity index (χ4n) is 4.31. The summed E-state index contributed by atoms with van der Waals surface area (Å²) in [5.41, 5.74) is 4.28. The van der Waals surface area contributed by atoms with Gasteiger partial charge < -0.3 is 4.57 Å². The number of benzene rings is 4. The molecule has 0 spiro atoms. The van der Waals surface area contributed by atoms with E-state index in [1.807, 2.05) is 30.3 Å². The van der Waals surface area contributed by atoms with Gasteiger partial charge in [-0.05, 0) is 41.0 Å². The predicted octanol–water partition coefficient (Wildman–Crippen LogP) is 6.63. The summed E-state index contributed by atoms with van der Waals surface area (Å²) >= 11 is 0. The smallest absolute Gasteiger partial charge is 0.160 e. The van der Waals surface area contributed by atoms with Gasteiger partial charge in [-0.15, -0.1) is 0 Å². The predicted molar refractivity (Wildman–Crippen MR) is 120 cm³/mol. The minimum absolute atomic E-state index is 0.0378. The van der Waals surface area contributed by atoms with Crippen molar-refractivity contribution in [3.63, 3.8) is 0 Å². The van der Waals surface area contributed by atoms with E-state index in [0.29, 0.717) is 0 Å². The van der Waals surface area contributed by atoms with E-state index in [0.717, 1.165) is 21.9 Å². The Morgan fingerprint density at radius 3 is 1.83 bits per heavy atom. The van der Waals surface area contributed by atoms with Gasteiger partial charge in [-0.3, -0.25) is 4.79 Å². The van der Waals surface area contributed by atoms with Crippen molar-refractivity contribution < 1.29 is 4.79 Å². The van der Waals surface area contributed by atoms with Crippen molar-refractivity contribution in [3.05, 3.63) is 120 Å². The van der Waals surface area contributed by atoms with Gasteiger partial charge in [0.05, 0.1) is 11.6 Å². The van der Waals surface area contributed by atoms with E-state index in [9.17, 15) is 4.79 Å². The Balaban J connectivity index is 1.84. The molecule has 0 bridgehead atoms. The van der Waals surface area contributed by atoms with Crippen LogP contribution in [0, 0.1) is 0 Å². The quantitative estimate of drug-likeness (QED) is 0.323. The maximum absolute atomic E-state index is 12.4. The molecule has 2 heteroatoms. The second-order valence-electron chi connectivity index (χ2n) is 7.41. The number of nitrogens with zero attached hydrogens (tertiary/aromatic N) is 1. The van der Waals surface area contributed by atoms with Crippen molar-refractivity contribution in [1.29, 1.82) is 0 Å².